The molecule has 4 N–H and O–H groups in total. The zero-order valence-electron chi connectivity index (χ0n) is 15.0. The van der Waals surface area contributed by atoms with Gasteiger partial charge in [0.15, 0.2) is 5.69 Å². The molecule has 2 aromatic heterocycles. The summed E-state index contributed by atoms with van der Waals surface area (Å²) >= 11 is 0. The molecule has 152 valence electrons. The highest BCUT2D eigenvalue weighted by atomic mass is 19.4. The monoisotopic (exact) mass is 414 g/mol. The number of fused-ring (bicyclic) bond motifs is 1. The minimum absolute atomic E-state index is 0.143. The molecule has 4 aromatic rings. The van der Waals surface area contributed by atoms with Gasteiger partial charge in [-0.1, -0.05) is 24.3 Å². The number of H-pyrrole nitrogens is 2. The van der Waals surface area contributed by atoms with E-state index in [2.05, 4.69) is 30.6 Å². The fraction of sp³-hybridized carbons (Fsp3) is 0.0526. The molecule has 11 heteroatoms. The minimum Gasteiger partial charge on any atom is -0.340 e. The van der Waals surface area contributed by atoms with Gasteiger partial charge in [-0.05, 0) is 24.3 Å². The fourth-order valence-corrected chi connectivity index (χ4v) is 2.84. The number of halogens is 3. The third kappa shape index (κ3) is 3.72. The highest BCUT2D eigenvalue weighted by Gasteiger charge is 2.34. The lowest BCUT2D eigenvalue weighted by molar-refractivity contribution is -0.136. The summed E-state index contributed by atoms with van der Waals surface area (Å²) in [7, 11) is 0. The predicted molar refractivity (Wildman–Crippen MR) is 102 cm³/mol. The van der Waals surface area contributed by atoms with Crippen LogP contribution in [-0.4, -0.2) is 31.8 Å². The van der Waals surface area contributed by atoms with E-state index < -0.39 is 29.2 Å². The Morgan fingerprint density at radius 1 is 0.933 bits per heavy atom. The Morgan fingerprint density at radius 3 is 2.43 bits per heavy atom. The summed E-state index contributed by atoms with van der Waals surface area (Å²) in [5.74, 6) is -1.56. The maximum absolute atomic E-state index is 13.1. The average molecular weight is 414 g/mol. The number of alkyl halides is 3. The summed E-state index contributed by atoms with van der Waals surface area (Å²) in [5.41, 5.74) is -0.722. The van der Waals surface area contributed by atoms with Crippen molar-refractivity contribution in [3.63, 3.8) is 0 Å². The molecule has 0 aliphatic rings. The number of hydrogen-bond acceptors (Lipinski definition) is 4. The van der Waals surface area contributed by atoms with Gasteiger partial charge in [-0.15, -0.1) is 0 Å². The number of para-hydroxylation sites is 3. The van der Waals surface area contributed by atoms with Gasteiger partial charge >= 0.3 is 6.18 Å². The number of carbonyl (C=O) groups is 2. The van der Waals surface area contributed by atoms with Crippen LogP contribution in [0, 0.1) is 0 Å². The lowest BCUT2D eigenvalue weighted by Gasteiger charge is -2.13. The van der Waals surface area contributed by atoms with Gasteiger partial charge in [-0.3, -0.25) is 14.9 Å². The van der Waals surface area contributed by atoms with Gasteiger partial charge in [0.2, 0.25) is 5.95 Å². The molecule has 0 saturated heterocycles. The van der Waals surface area contributed by atoms with E-state index in [1.54, 1.807) is 24.3 Å². The van der Waals surface area contributed by atoms with Crippen LogP contribution >= 0.6 is 0 Å². The van der Waals surface area contributed by atoms with Crippen molar-refractivity contribution < 1.29 is 22.8 Å². The van der Waals surface area contributed by atoms with E-state index in [1.807, 2.05) is 0 Å². The first-order chi connectivity index (χ1) is 14.3. The lowest BCUT2D eigenvalue weighted by atomic mass is 10.1. The summed E-state index contributed by atoms with van der Waals surface area (Å²) in [6, 6.07) is 11.6. The zero-order valence-corrected chi connectivity index (χ0v) is 15.0. The summed E-state index contributed by atoms with van der Waals surface area (Å²) in [5, 5.41) is 4.65. The normalized spacial score (nSPS) is 11.4. The maximum atomic E-state index is 13.1. The smallest absolute Gasteiger partial charge is 0.340 e. The second-order valence-electron chi connectivity index (χ2n) is 6.18. The predicted octanol–water partition coefficient (Wildman–Crippen LogP) is 3.81. The van der Waals surface area contributed by atoms with Crippen LogP contribution in [0.25, 0.3) is 11.0 Å². The van der Waals surface area contributed by atoms with E-state index in [0.717, 1.165) is 18.5 Å². The van der Waals surface area contributed by atoms with E-state index in [-0.39, 0.29) is 17.3 Å². The van der Waals surface area contributed by atoms with Crippen molar-refractivity contribution in [3.8, 4) is 0 Å². The summed E-state index contributed by atoms with van der Waals surface area (Å²) in [6.07, 6.45) is -3.56. The second kappa shape index (κ2) is 7.35. The first-order valence-electron chi connectivity index (χ1n) is 8.60. The van der Waals surface area contributed by atoms with Crippen molar-refractivity contribution in [1.82, 2.24) is 19.9 Å². The van der Waals surface area contributed by atoms with Crippen molar-refractivity contribution in [2.45, 2.75) is 6.18 Å². The number of rotatable bonds is 4. The van der Waals surface area contributed by atoms with Gasteiger partial charge in [0.1, 0.15) is 5.69 Å². The Morgan fingerprint density at radius 2 is 1.67 bits per heavy atom. The fourth-order valence-electron chi connectivity index (χ4n) is 2.84. The maximum Gasteiger partial charge on any atom is 0.418 e. The van der Waals surface area contributed by atoms with Gasteiger partial charge in [0.25, 0.3) is 11.8 Å². The number of amides is 2. The largest absolute Gasteiger partial charge is 0.418 e. The standard InChI is InChI=1S/C19H13F3N6O2/c20-19(21,22)10-5-1-2-6-11(10)25-16(29)14-15(24-9-23-14)17(30)28-18-26-12-7-3-4-8-13(12)27-18/h1-9H,(H,23,24)(H,25,29)(H2,26,27,28,30). The zero-order chi connectivity index (χ0) is 21.3. The van der Waals surface area contributed by atoms with Crippen LogP contribution in [0.1, 0.15) is 26.5 Å². The SMILES string of the molecule is O=C(Nc1ccccc1C(F)(F)F)c1nc[nH]c1C(=O)Nc1nc2ccccc2[nH]1. The van der Waals surface area contributed by atoms with E-state index in [4.69, 9.17) is 0 Å². The number of nitrogens with zero attached hydrogens (tertiary/aromatic N) is 2. The molecule has 0 atom stereocenters. The van der Waals surface area contributed by atoms with Crippen molar-refractivity contribution in [3.05, 3.63) is 71.8 Å². The highest BCUT2D eigenvalue weighted by molar-refractivity contribution is 6.13. The Balaban J connectivity index is 1.56. The Labute approximate surface area is 166 Å². The second-order valence-corrected chi connectivity index (χ2v) is 6.18. The number of anilines is 2. The van der Waals surface area contributed by atoms with Crippen LogP contribution in [0.2, 0.25) is 0 Å². The molecule has 2 amide bonds. The molecule has 0 saturated carbocycles. The van der Waals surface area contributed by atoms with E-state index >= 15 is 0 Å². The van der Waals surface area contributed by atoms with Gasteiger partial charge in [-0.2, -0.15) is 13.2 Å². The van der Waals surface area contributed by atoms with Gasteiger partial charge in [-0.25, -0.2) is 9.97 Å². The number of aromatic amines is 2. The molecule has 30 heavy (non-hydrogen) atoms. The van der Waals surface area contributed by atoms with Gasteiger partial charge < -0.3 is 15.3 Å². The molecule has 4 rings (SSSR count). The van der Waals surface area contributed by atoms with Crippen molar-refractivity contribution in [2.24, 2.45) is 0 Å². The summed E-state index contributed by atoms with van der Waals surface area (Å²) in [6.45, 7) is 0. The van der Waals surface area contributed by atoms with Crippen LogP contribution in [-0.2, 0) is 6.18 Å². The van der Waals surface area contributed by atoms with Crippen molar-refractivity contribution in [2.75, 3.05) is 10.6 Å². The topological polar surface area (TPSA) is 116 Å². The van der Waals surface area contributed by atoms with Crippen LogP contribution in [0.15, 0.2) is 54.9 Å². The molecule has 2 heterocycles. The quantitative estimate of drug-likeness (QED) is 0.406. The molecule has 8 nitrogen and oxygen atoms in total. The van der Waals surface area contributed by atoms with Crippen LogP contribution in [0.4, 0.5) is 24.8 Å². The van der Waals surface area contributed by atoms with Crippen LogP contribution in [0.3, 0.4) is 0 Å². The van der Waals surface area contributed by atoms with Gasteiger partial charge in [0.05, 0.1) is 28.6 Å². The molecule has 0 aliphatic heterocycles. The molecular weight excluding hydrogens is 401 g/mol. The Kier molecular flexibility index (Phi) is 4.70. The number of aromatic nitrogens is 4. The summed E-state index contributed by atoms with van der Waals surface area (Å²) in [4.78, 5) is 38.4. The van der Waals surface area contributed by atoms with Crippen molar-refractivity contribution in [1.29, 1.82) is 0 Å². The highest BCUT2D eigenvalue weighted by Crippen LogP contribution is 2.34. The number of hydrogen-bond donors (Lipinski definition) is 4. The van der Waals surface area contributed by atoms with E-state index in [9.17, 15) is 22.8 Å². The molecule has 2 aromatic carbocycles. The molecule has 0 unspecified atom stereocenters. The molecule has 0 bridgehead atoms. The van der Waals surface area contributed by atoms with Crippen molar-refractivity contribution >= 4 is 34.5 Å². The van der Waals surface area contributed by atoms with Crippen LogP contribution in [0.5, 0.6) is 0 Å². The Bertz CT molecular complexity index is 1210. The van der Waals surface area contributed by atoms with Crippen LogP contribution < -0.4 is 10.6 Å². The number of carbonyl (C=O) groups excluding carboxylic acids is 2. The van der Waals surface area contributed by atoms with Gasteiger partial charge in [0, 0.05) is 0 Å². The Hall–Kier alpha value is -4.15. The summed E-state index contributed by atoms with van der Waals surface area (Å²) < 4.78 is 39.4. The average Bonchev–Trinajstić information content (AvgIpc) is 3.34. The molecule has 0 spiro atoms. The number of imidazole rings is 2. The lowest BCUT2D eigenvalue weighted by Crippen LogP contribution is -2.22. The third-order valence-corrected chi connectivity index (χ3v) is 4.18. The molecular formula is C19H13F3N6O2. The minimum atomic E-state index is -4.66. The van der Waals surface area contributed by atoms with E-state index in [1.165, 1.54) is 12.1 Å². The molecule has 0 fully saturated rings. The molecule has 0 aliphatic carbocycles. The van der Waals surface area contributed by atoms with E-state index in [0.29, 0.717) is 11.0 Å². The first-order valence-corrected chi connectivity index (χ1v) is 8.60. The first kappa shape index (κ1) is 19.2. The third-order valence-electron chi connectivity index (χ3n) is 4.18. The number of benzene rings is 2. The number of nitrogens with one attached hydrogen (secondary N) is 4. The molecule has 0 radical (unpaired) electrons.